The number of rotatable bonds is 5. The number of benzene rings is 4. The monoisotopic (exact) mass is 516 g/mol. The van der Waals surface area contributed by atoms with Gasteiger partial charge in [-0.05, 0) is 82.2 Å². The molecular formula is C28H21IO2. The molecule has 1 heterocycles. The van der Waals surface area contributed by atoms with Crippen molar-refractivity contribution >= 4 is 56.5 Å². The number of ether oxygens (including phenoxy) is 1. The average Bonchev–Trinajstić information content (AvgIpc) is 3.19. The van der Waals surface area contributed by atoms with Crippen molar-refractivity contribution in [3.05, 3.63) is 99.6 Å². The van der Waals surface area contributed by atoms with Crippen molar-refractivity contribution in [3.8, 4) is 17.1 Å². The number of hydrogen-bond acceptors (Lipinski definition) is 2. The minimum absolute atomic E-state index is 0.657. The van der Waals surface area contributed by atoms with E-state index in [1.54, 1.807) is 0 Å². The van der Waals surface area contributed by atoms with Crippen molar-refractivity contribution in [3.63, 3.8) is 0 Å². The number of para-hydroxylation sites is 1. The van der Waals surface area contributed by atoms with Gasteiger partial charge in [-0.3, -0.25) is 0 Å². The molecule has 2 nitrogen and oxygen atoms in total. The number of fused-ring (bicyclic) bond motifs is 2. The van der Waals surface area contributed by atoms with Crippen LogP contribution in [0.3, 0.4) is 0 Å². The zero-order valence-electron chi connectivity index (χ0n) is 17.1. The lowest BCUT2D eigenvalue weighted by molar-refractivity contribution is 0.339. The number of furan rings is 1. The van der Waals surface area contributed by atoms with Gasteiger partial charge in [-0.15, -0.1) is 0 Å². The Hall–Kier alpha value is -3.05. The quantitative estimate of drug-likeness (QED) is 0.173. The molecule has 0 fully saturated rings. The standard InChI is InChI=1S/C28H21IO2/c1-2-30-26-10-6-5-7-20(26)13-11-19-12-14-24(25(29)15-19)28-18-23-16-21-8-3-4-9-22(21)17-27(23)31-28/h3-18H,2H2,1H3. The summed E-state index contributed by atoms with van der Waals surface area (Å²) in [6, 6.07) is 29.3. The molecule has 0 bridgehead atoms. The highest BCUT2D eigenvalue weighted by Crippen LogP contribution is 2.34. The molecule has 1 aromatic heterocycles. The van der Waals surface area contributed by atoms with E-state index in [1.165, 1.54) is 10.8 Å². The molecule has 0 N–H and O–H groups in total. The molecule has 0 amide bonds. The van der Waals surface area contributed by atoms with Gasteiger partial charge in [0, 0.05) is 20.1 Å². The maximum Gasteiger partial charge on any atom is 0.136 e. The molecular weight excluding hydrogens is 495 g/mol. The topological polar surface area (TPSA) is 22.4 Å². The van der Waals surface area contributed by atoms with Crippen LogP contribution < -0.4 is 4.74 Å². The van der Waals surface area contributed by atoms with E-state index >= 15 is 0 Å². The molecule has 0 aliphatic carbocycles. The van der Waals surface area contributed by atoms with Crippen LogP contribution in [0.2, 0.25) is 0 Å². The summed E-state index contributed by atoms with van der Waals surface area (Å²) >= 11 is 2.39. The molecule has 5 aromatic rings. The lowest BCUT2D eigenvalue weighted by Crippen LogP contribution is -1.93. The molecule has 4 aromatic carbocycles. The molecule has 5 rings (SSSR count). The lowest BCUT2D eigenvalue weighted by atomic mass is 10.1. The van der Waals surface area contributed by atoms with E-state index in [9.17, 15) is 0 Å². The fraction of sp³-hybridized carbons (Fsp3) is 0.0714. The minimum atomic E-state index is 0.657. The van der Waals surface area contributed by atoms with Crippen LogP contribution in [0.5, 0.6) is 5.75 Å². The Morgan fingerprint density at radius 1 is 0.806 bits per heavy atom. The molecule has 31 heavy (non-hydrogen) atoms. The lowest BCUT2D eigenvalue weighted by Gasteiger charge is -2.06. The Balaban J connectivity index is 1.46. The second-order valence-electron chi connectivity index (χ2n) is 7.39. The van der Waals surface area contributed by atoms with E-state index in [2.05, 4.69) is 101 Å². The second-order valence-corrected chi connectivity index (χ2v) is 8.55. The van der Waals surface area contributed by atoms with Crippen LogP contribution in [0.15, 0.2) is 89.3 Å². The van der Waals surface area contributed by atoms with Crippen LogP contribution in [0, 0.1) is 3.57 Å². The van der Waals surface area contributed by atoms with Crippen LogP contribution in [0.25, 0.3) is 45.2 Å². The van der Waals surface area contributed by atoms with E-state index in [0.717, 1.165) is 42.7 Å². The number of hydrogen-bond donors (Lipinski definition) is 0. The molecule has 0 aliphatic heterocycles. The molecule has 0 spiro atoms. The van der Waals surface area contributed by atoms with Crippen molar-refractivity contribution < 1.29 is 9.15 Å². The molecule has 3 heteroatoms. The fourth-order valence-corrected chi connectivity index (χ4v) is 4.59. The van der Waals surface area contributed by atoms with Gasteiger partial charge >= 0.3 is 0 Å². The summed E-state index contributed by atoms with van der Waals surface area (Å²) in [5.74, 6) is 1.80. The summed E-state index contributed by atoms with van der Waals surface area (Å²) in [7, 11) is 0. The molecule has 0 unspecified atom stereocenters. The van der Waals surface area contributed by atoms with E-state index < -0.39 is 0 Å². The van der Waals surface area contributed by atoms with Crippen molar-refractivity contribution in [1.29, 1.82) is 0 Å². The van der Waals surface area contributed by atoms with Crippen LogP contribution in [-0.2, 0) is 0 Å². The van der Waals surface area contributed by atoms with Crippen molar-refractivity contribution in [2.75, 3.05) is 6.61 Å². The van der Waals surface area contributed by atoms with Crippen molar-refractivity contribution in [2.24, 2.45) is 0 Å². The van der Waals surface area contributed by atoms with Gasteiger partial charge < -0.3 is 9.15 Å². The van der Waals surface area contributed by atoms with Gasteiger partial charge in [-0.1, -0.05) is 60.7 Å². The highest BCUT2D eigenvalue weighted by Gasteiger charge is 2.11. The minimum Gasteiger partial charge on any atom is -0.493 e. The summed E-state index contributed by atoms with van der Waals surface area (Å²) in [5.41, 5.74) is 4.24. The highest BCUT2D eigenvalue weighted by atomic mass is 127. The molecule has 0 radical (unpaired) electrons. The zero-order valence-corrected chi connectivity index (χ0v) is 19.3. The fourth-order valence-electron chi connectivity index (χ4n) is 3.79. The zero-order chi connectivity index (χ0) is 21.2. The molecule has 0 saturated carbocycles. The smallest absolute Gasteiger partial charge is 0.136 e. The van der Waals surface area contributed by atoms with Crippen molar-refractivity contribution in [1.82, 2.24) is 0 Å². The third kappa shape index (κ3) is 4.10. The Labute approximate surface area is 195 Å². The first-order valence-electron chi connectivity index (χ1n) is 10.3. The Morgan fingerprint density at radius 3 is 2.39 bits per heavy atom. The molecule has 0 atom stereocenters. The number of halogens is 1. The third-order valence-electron chi connectivity index (χ3n) is 5.32. The largest absolute Gasteiger partial charge is 0.493 e. The van der Waals surface area contributed by atoms with E-state index in [0.29, 0.717) is 6.61 Å². The molecule has 152 valence electrons. The van der Waals surface area contributed by atoms with Gasteiger partial charge in [0.2, 0.25) is 0 Å². The van der Waals surface area contributed by atoms with E-state index in [4.69, 9.17) is 9.15 Å². The summed E-state index contributed by atoms with van der Waals surface area (Å²) in [5, 5.41) is 3.55. The predicted molar refractivity (Wildman–Crippen MR) is 138 cm³/mol. The van der Waals surface area contributed by atoms with Gasteiger partial charge in [0.25, 0.3) is 0 Å². The van der Waals surface area contributed by atoms with Gasteiger partial charge in [-0.2, -0.15) is 0 Å². The highest BCUT2D eigenvalue weighted by molar-refractivity contribution is 14.1. The van der Waals surface area contributed by atoms with Gasteiger partial charge in [0.05, 0.1) is 6.61 Å². The predicted octanol–water partition coefficient (Wildman–Crippen LogP) is 8.43. The van der Waals surface area contributed by atoms with Gasteiger partial charge in [-0.25, -0.2) is 0 Å². The first-order chi connectivity index (χ1) is 15.2. The first-order valence-corrected chi connectivity index (χ1v) is 11.4. The normalized spacial score (nSPS) is 11.5. The summed E-state index contributed by atoms with van der Waals surface area (Å²) in [6.07, 6.45) is 4.22. The first kappa shape index (κ1) is 19.9. The van der Waals surface area contributed by atoms with Gasteiger partial charge in [0.15, 0.2) is 0 Å². The van der Waals surface area contributed by atoms with Crippen LogP contribution >= 0.6 is 22.6 Å². The van der Waals surface area contributed by atoms with Crippen LogP contribution in [0.1, 0.15) is 18.1 Å². The maximum atomic E-state index is 6.22. The summed E-state index contributed by atoms with van der Waals surface area (Å²) in [6.45, 7) is 2.66. The Kier molecular flexibility index (Phi) is 5.51. The summed E-state index contributed by atoms with van der Waals surface area (Å²) in [4.78, 5) is 0. The third-order valence-corrected chi connectivity index (χ3v) is 6.21. The van der Waals surface area contributed by atoms with E-state index in [-0.39, 0.29) is 0 Å². The second kappa shape index (κ2) is 8.60. The Bertz CT molecular complexity index is 1360. The van der Waals surface area contributed by atoms with E-state index in [1.807, 2.05) is 25.1 Å². The maximum absolute atomic E-state index is 6.22. The average molecular weight is 516 g/mol. The Morgan fingerprint density at radius 2 is 1.58 bits per heavy atom. The SMILES string of the molecule is CCOc1ccccc1C=Cc1ccc(-c2cc3cc4ccccc4cc3o2)c(I)c1. The van der Waals surface area contributed by atoms with Gasteiger partial charge in [0.1, 0.15) is 17.1 Å². The molecule has 0 saturated heterocycles. The summed E-state index contributed by atoms with van der Waals surface area (Å²) < 4.78 is 13.1. The van der Waals surface area contributed by atoms with Crippen LogP contribution in [0.4, 0.5) is 0 Å². The van der Waals surface area contributed by atoms with Crippen molar-refractivity contribution in [2.45, 2.75) is 6.92 Å². The van der Waals surface area contributed by atoms with Crippen LogP contribution in [-0.4, -0.2) is 6.61 Å². The molecule has 0 aliphatic rings.